The molecule has 3 rings (SSSR count). The van der Waals surface area contributed by atoms with E-state index in [9.17, 15) is 24.3 Å². The lowest BCUT2D eigenvalue weighted by molar-refractivity contribution is -0.154. The molecule has 0 bridgehead atoms. The third-order valence-electron chi connectivity index (χ3n) is 7.34. The molecule has 3 N–H and O–H groups in total. The molecule has 0 unspecified atom stereocenters. The highest BCUT2D eigenvalue weighted by Gasteiger charge is 2.42. The van der Waals surface area contributed by atoms with E-state index in [0.717, 1.165) is 29.7 Å². The van der Waals surface area contributed by atoms with Crippen molar-refractivity contribution in [1.82, 2.24) is 15.5 Å². The molecule has 1 heterocycles. The molecule has 40 heavy (non-hydrogen) atoms. The number of nitrogens with one attached hydrogen (secondary N) is 2. The van der Waals surface area contributed by atoms with E-state index in [1.807, 2.05) is 26.0 Å². The van der Waals surface area contributed by atoms with E-state index >= 15 is 0 Å². The second-order valence-corrected chi connectivity index (χ2v) is 10.5. The van der Waals surface area contributed by atoms with Crippen LogP contribution >= 0.6 is 0 Å². The zero-order valence-electron chi connectivity index (χ0n) is 23.3. The van der Waals surface area contributed by atoms with E-state index in [-0.39, 0.29) is 25.2 Å². The first-order valence-corrected chi connectivity index (χ1v) is 13.8. The Morgan fingerprint density at radius 2 is 1.65 bits per heavy atom. The molecule has 0 aromatic heterocycles. The molecule has 0 radical (unpaired) electrons. The first-order chi connectivity index (χ1) is 19.1. The molecule has 0 spiro atoms. The first-order valence-electron chi connectivity index (χ1n) is 13.8. The van der Waals surface area contributed by atoms with Crippen LogP contribution in [0.2, 0.25) is 0 Å². The Hall–Kier alpha value is -4.03. The maximum Gasteiger partial charge on any atom is 0.252 e. The highest BCUT2D eigenvalue weighted by atomic mass is 16.3. The molecule has 1 aliphatic heterocycles. The van der Waals surface area contributed by atoms with Gasteiger partial charge in [0, 0.05) is 12.8 Å². The molecule has 1 aliphatic rings. The zero-order valence-corrected chi connectivity index (χ0v) is 23.3. The van der Waals surface area contributed by atoms with Gasteiger partial charge >= 0.3 is 0 Å². The molecule has 9 heteroatoms. The molecule has 212 valence electrons. The number of unbranched alkanes of at least 4 members (excludes halogenated alkanes) is 1. The van der Waals surface area contributed by atoms with Crippen LogP contribution in [0.5, 0.6) is 0 Å². The Balaban J connectivity index is 2.01. The average Bonchev–Trinajstić information content (AvgIpc) is 2.97. The predicted molar refractivity (Wildman–Crippen MR) is 149 cm³/mol. The molecule has 1 fully saturated rings. The Bertz CT molecular complexity index is 1220. The third-order valence-corrected chi connectivity index (χ3v) is 7.34. The van der Waals surface area contributed by atoms with E-state index in [2.05, 4.69) is 10.6 Å². The van der Waals surface area contributed by atoms with Crippen LogP contribution in [0.4, 0.5) is 0 Å². The summed E-state index contributed by atoms with van der Waals surface area (Å²) in [5.74, 6) is -2.75. The summed E-state index contributed by atoms with van der Waals surface area (Å²) in [5, 5.41) is 25.3. The Morgan fingerprint density at radius 1 is 1.00 bits per heavy atom. The fourth-order valence-corrected chi connectivity index (χ4v) is 4.78. The van der Waals surface area contributed by atoms with Gasteiger partial charge in [0.2, 0.25) is 17.7 Å². The van der Waals surface area contributed by atoms with Crippen LogP contribution in [0, 0.1) is 17.2 Å². The van der Waals surface area contributed by atoms with Crippen LogP contribution in [0.3, 0.4) is 0 Å². The summed E-state index contributed by atoms with van der Waals surface area (Å²) in [7, 11) is 0. The summed E-state index contributed by atoms with van der Waals surface area (Å²) in [6.45, 7) is 5.42. The second kappa shape index (κ2) is 14.4. The molecule has 4 amide bonds. The second-order valence-electron chi connectivity index (χ2n) is 10.5. The molecule has 2 aromatic rings. The van der Waals surface area contributed by atoms with Crippen molar-refractivity contribution >= 4 is 23.6 Å². The maximum atomic E-state index is 14.1. The van der Waals surface area contributed by atoms with Gasteiger partial charge in [-0.3, -0.25) is 24.1 Å². The number of imide groups is 1. The molecule has 0 saturated carbocycles. The van der Waals surface area contributed by atoms with E-state index < -0.39 is 47.9 Å². The molecular weight excluding hydrogens is 508 g/mol. The summed E-state index contributed by atoms with van der Waals surface area (Å²) < 4.78 is 0. The van der Waals surface area contributed by atoms with Crippen LogP contribution in [0.15, 0.2) is 54.6 Å². The number of benzene rings is 2. The van der Waals surface area contributed by atoms with E-state index in [1.54, 1.807) is 48.5 Å². The van der Waals surface area contributed by atoms with Crippen molar-refractivity contribution in [3.8, 4) is 6.07 Å². The van der Waals surface area contributed by atoms with Crippen molar-refractivity contribution in [1.29, 1.82) is 5.26 Å². The average molecular weight is 547 g/mol. The lowest BCUT2D eigenvalue weighted by atomic mass is 9.94. The number of nitriles is 1. The van der Waals surface area contributed by atoms with Gasteiger partial charge in [0.25, 0.3) is 5.91 Å². The smallest absolute Gasteiger partial charge is 0.252 e. The molecule has 5 atom stereocenters. The van der Waals surface area contributed by atoms with Crippen molar-refractivity contribution in [2.75, 3.05) is 0 Å². The van der Waals surface area contributed by atoms with E-state index in [1.165, 1.54) is 6.92 Å². The van der Waals surface area contributed by atoms with Crippen LogP contribution in [-0.2, 0) is 32.0 Å². The minimum atomic E-state index is -1.22. The van der Waals surface area contributed by atoms with Gasteiger partial charge in [-0.05, 0) is 42.5 Å². The number of carbonyl (C=O) groups excluding carboxylic acids is 4. The zero-order chi connectivity index (χ0) is 29.2. The molecule has 0 aliphatic carbocycles. The maximum absolute atomic E-state index is 14.1. The lowest BCUT2D eigenvalue weighted by Crippen LogP contribution is -2.57. The number of nitrogens with zero attached hydrogens (tertiary/aromatic N) is 2. The lowest BCUT2D eigenvalue weighted by Gasteiger charge is -2.32. The monoisotopic (exact) mass is 546 g/mol. The Labute approximate surface area is 235 Å². The van der Waals surface area contributed by atoms with Crippen molar-refractivity contribution in [3.63, 3.8) is 0 Å². The highest BCUT2D eigenvalue weighted by Crippen LogP contribution is 2.21. The number of hydrogen-bond acceptors (Lipinski definition) is 6. The number of rotatable bonds is 10. The van der Waals surface area contributed by atoms with Gasteiger partial charge in [-0.1, -0.05) is 69.2 Å². The summed E-state index contributed by atoms with van der Waals surface area (Å²) in [4.78, 5) is 55.3. The molecule has 1 saturated heterocycles. The van der Waals surface area contributed by atoms with Gasteiger partial charge in [-0.2, -0.15) is 5.26 Å². The SMILES string of the molecule is CCCC[C@H](C)[C@@H](O)CC(=O)N1C(=O)[C@@H](Cc2ccc(C#N)cc2)NC(=O)[C@@H](C)NC(=O)[C@H]1Cc1ccccc1. The van der Waals surface area contributed by atoms with Gasteiger partial charge < -0.3 is 15.7 Å². The highest BCUT2D eigenvalue weighted by molar-refractivity contribution is 6.05. The fraction of sp³-hybridized carbons (Fsp3) is 0.452. The Morgan fingerprint density at radius 3 is 2.27 bits per heavy atom. The predicted octanol–water partition coefficient (Wildman–Crippen LogP) is 2.65. The van der Waals surface area contributed by atoms with Crippen LogP contribution in [0.1, 0.15) is 63.1 Å². The number of aliphatic hydroxyl groups is 1. The quantitative estimate of drug-likeness (QED) is 0.419. The largest absolute Gasteiger partial charge is 0.392 e. The number of hydrogen-bond donors (Lipinski definition) is 3. The number of amides is 4. The first kappa shape index (κ1) is 30.5. The van der Waals surface area contributed by atoms with Crippen LogP contribution < -0.4 is 10.6 Å². The van der Waals surface area contributed by atoms with Gasteiger partial charge in [0.15, 0.2) is 0 Å². The van der Waals surface area contributed by atoms with Crippen molar-refractivity contribution in [2.45, 2.75) is 83.5 Å². The minimum Gasteiger partial charge on any atom is -0.392 e. The van der Waals surface area contributed by atoms with Gasteiger partial charge in [0.05, 0.1) is 24.2 Å². The third kappa shape index (κ3) is 7.99. The van der Waals surface area contributed by atoms with E-state index in [4.69, 9.17) is 5.26 Å². The van der Waals surface area contributed by atoms with Gasteiger partial charge in [-0.15, -0.1) is 0 Å². The van der Waals surface area contributed by atoms with E-state index in [0.29, 0.717) is 11.1 Å². The summed E-state index contributed by atoms with van der Waals surface area (Å²) in [5.41, 5.74) is 1.85. The number of carbonyl (C=O) groups is 4. The standard InChI is InChI=1S/C31H38N4O5/c1-4-5-9-20(2)27(36)18-28(37)35-26(17-22-10-7-6-8-11-22)30(39)33-21(3)29(38)34-25(31(35)40)16-23-12-14-24(19-32)15-13-23/h6-8,10-15,20-21,25-27,36H,4-5,9,16-18H2,1-3H3,(H,33,39)(H,34,38)/t20-,21+,25+,26+,27-/m0/s1. The summed E-state index contributed by atoms with van der Waals surface area (Å²) in [6, 6.07) is 14.4. The Kier molecular flexibility index (Phi) is 11.0. The van der Waals surface area contributed by atoms with Crippen LogP contribution in [-0.4, -0.2) is 57.9 Å². The van der Waals surface area contributed by atoms with Crippen molar-refractivity contribution < 1.29 is 24.3 Å². The van der Waals surface area contributed by atoms with Crippen LogP contribution in [0.25, 0.3) is 0 Å². The van der Waals surface area contributed by atoms with Gasteiger partial charge in [-0.25, -0.2) is 0 Å². The normalized spacial score (nSPS) is 21.2. The summed E-state index contributed by atoms with van der Waals surface area (Å²) >= 11 is 0. The topological polar surface area (TPSA) is 140 Å². The van der Waals surface area contributed by atoms with Crippen molar-refractivity contribution in [3.05, 3.63) is 71.3 Å². The molecule has 2 aromatic carbocycles. The number of aliphatic hydroxyl groups excluding tert-OH is 1. The molecule has 9 nitrogen and oxygen atoms in total. The summed E-state index contributed by atoms with van der Waals surface area (Å²) in [6.07, 6.45) is 1.34. The fourth-order valence-electron chi connectivity index (χ4n) is 4.78. The minimum absolute atomic E-state index is 0.0501. The van der Waals surface area contributed by atoms with Crippen molar-refractivity contribution in [2.24, 2.45) is 5.92 Å². The van der Waals surface area contributed by atoms with Gasteiger partial charge in [0.1, 0.15) is 18.1 Å². The molecular formula is C31H38N4O5.